The zero-order valence-corrected chi connectivity index (χ0v) is 25.7. The van der Waals surface area contributed by atoms with Crippen molar-refractivity contribution in [2.75, 3.05) is 82.9 Å². The van der Waals surface area contributed by atoms with Crippen molar-refractivity contribution < 1.29 is 9.47 Å². The van der Waals surface area contributed by atoms with E-state index in [1.54, 1.807) is 14.2 Å². The van der Waals surface area contributed by atoms with E-state index in [9.17, 15) is 0 Å². The van der Waals surface area contributed by atoms with Crippen LogP contribution in [0.5, 0.6) is 11.5 Å². The van der Waals surface area contributed by atoms with Crippen LogP contribution in [0, 0.1) is 6.92 Å². The Morgan fingerprint density at radius 1 is 0.738 bits per heavy atom. The molecule has 0 spiro atoms. The topological polar surface area (TPSA) is 49.2 Å². The highest BCUT2D eigenvalue weighted by atomic mass is 35.5. The molecule has 2 saturated heterocycles. The Morgan fingerprint density at radius 3 is 2.12 bits per heavy atom. The molecule has 3 heterocycles. The Labute approximate surface area is 254 Å². The monoisotopic (exact) mass is 588 g/mol. The summed E-state index contributed by atoms with van der Waals surface area (Å²) in [7, 11) is 3.39. The molecule has 2 aliphatic heterocycles. The number of aromatic nitrogens is 2. The molecule has 1 aromatic heterocycles. The number of nitrogens with zero attached hydrogens (tertiary/aromatic N) is 6. The predicted octanol–water partition coefficient (Wildman–Crippen LogP) is 5.16. The lowest BCUT2D eigenvalue weighted by molar-refractivity contribution is 0.240. The normalized spacial score (nSPS) is 16.8. The highest BCUT2D eigenvalue weighted by Crippen LogP contribution is 2.34. The van der Waals surface area contributed by atoms with Gasteiger partial charge < -0.3 is 19.3 Å². The van der Waals surface area contributed by atoms with Crippen molar-refractivity contribution >= 4 is 33.9 Å². The van der Waals surface area contributed by atoms with Crippen molar-refractivity contribution in [1.29, 1.82) is 0 Å². The lowest BCUT2D eigenvalue weighted by atomic mass is 10.1. The third-order valence-corrected chi connectivity index (χ3v) is 9.19. The number of rotatable bonds is 9. The number of halogens is 1. The summed E-state index contributed by atoms with van der Waals surface area (Å²) in [5, 5.41) is 7.15. The number of ether oxygens (including phenoxy) is 2. The molecule has 8 nitrogen and oxygen atoms in total. The van der Waals surface area contributed by atoms with Gasteiger partial charge >= 0.3 is 0 Å². The summed E-state index contributed by atoms with van der Waals surface area (Å²) in [6.45, 7) is 12.8. The van der Waals surface area contributed by atoms with Crippen molar-refractivity contribution in [3.05, 3.63) is 76.9 Å². The maximum Gasteiger partial charge on any atom is 0.162 e. The van der Waals surface area contributed by atoms with Gasteiger partial charge in [0.25, 0.3) is 0 Å². The summed E-state index contributed by atoms with van der Waals surface area (Å²) in [5.41, 5.74) is 5.90. The highest BCUT2D eigenvalue weighted by Gasteiger charge is 2.23. The molecule has 0 bridgehead atoms. The molecule has 0 amide bonds. The fraction of sp³-hybridized carbons (Fsp3) is 0.424. The molecule has 0 saturated carbocycles. The Bertz CT molecular complexity index is 1490. The van der Waals surface area contributed by atoms with Gasteiger partial charge in [-0.15, -0.1) is 0 Å². The van der Waals surface area contributed by atoms with E-state index in [4.69, 9.17) is 26.2 Å². The second-order valence-corrected chi connectivity index (χ2v) is 11.6. The molecule has 0 radical (unpaired) electrons. The van der Waals surface area contributed by atoms with Gasteiger partial charge in [0.15, 0.2) is 11.5 Å². The van der Waals surface area contributed by atoms with Gasteiger partial charge in [-0.25, -0.2) is 0 Å². The maximum atomic E-state index is 6.39. The van der Waals surface area contributed by atoms with Gasteiger partial charge in [-0.05, 0) is 42.8 Å². The molecule has 2 fully saturated rings. The number of benzene rings is 3. The van der Waals surface area contributed by atoms with E-state index in [-0.39, 0.29) is 0 Å². The minimum atomic E-state index is 0.736. The first-order valence-electron chi connectivity index (χ1n) is 14.9. The maximum absolute atomic E-state index is 6.39. The minimum absolute atomic E-state index is 0.736. The van der Waals surface area contributed by atoms with E-state index < -0.39 is 0 Å². The van der Waals surface area contributed by atoms with Crippen molar-refractivity contribution in [2.24, 2.45) is 0 Å². The van der Waals surface area contributed by atoms with Crippen molar-refractivity contribution in [3.8, 4) is 11.5 Å². The average Bonchev–Trinajstić information content (AvgIpc) is 3.37. The van der Waals surface area contributed by atoms with Crippen LogP contribution in [0.3, 0.4) is 0 Å². The second-order valence-electron chi connectivity index (χ2n) is 11.2. The summed E-state index contributed by atoms with van der Waals surface area (Å²) >= 11 is 6.39. The minimum Gasteiger partial charge on any atom is -0.493 e. The lowest BCUT2D eigenvalue weighted by Crippen LogP contribution is -2.47. The molecule has 222 valence electrons. The number of para-hydroxylation sites is 1. The average molecular weight is 589 g/mol. The van der Waals surface area contributed by atoms with Crippen LogP contribution in [0.4, 0.5) is 11.4 Å². The van der Waals surface area contributed by atoms with Crippen LogP contribution >= 0.6 is 11.6 Å². The van der Waals surface area contributed by atoms with E-state index in [1.807, 2.05) is 12.1 Å². The summed E-state index contributed by atoms with van der Waals surface area (Å²) < 4.78 is 13.5. The van der Waals surface area contributed by atoms with Crippen LogP contribution in [-0.2, 0) is 13.1 Å². The molecular formula is C33H41ClN6O2. The summed E-state index contributed by atoms with van der Waals surface area (Å²) in [6.07, 6.45) is 0. The smallest absolute Gasteiger partial charge is 0.162 e. The van der Waals surface area contributed by atoms with E-state index in [0.29, 0.717) is 0 Å². The van der Waals surface area contributed by atoms with Crippen LogP contribution in [-0.4, -0.2) is 92.7 Å². The van der Waals surface area contributed by atoms with Gasteiger partial charge in [0.05, 0.1) is 32.0 Å². The van der Waals surface area contributed by atoms with Crippen LogP contribution in [0.15, 0.2) is 60.7 Å². The first-order valence-corrected chi connectivity index (χ1v) is 15.3. The van der Waals surface area contributed by atoms with E-state index in [0.717, 1.165) is 111 Å². The Balaban J connectivity index is 1.14. The molecule has 0 N–H and O–H groups in total. The third kappa shape index (κ3) is 6.02. The van der Waals surface area contributed by atoms with Gasteiger partial charge in [0.2, 0.25) is 0 Å². The van der Waals surface area contributed by atoms with Gasteiger partial charge in [-0.3, -0.25) is 14.5 Å². The number of hydrogen-bond acceptors (Lipinski definition) is 7. The molecular weight excluding hydrogens is 548 g/mol. The summed E-state index contributed by atoms with van der Waals surface area (Å²) in [4.78, 5) is 9.97. The van der Waals surface area contributed by atoms with Crippen LogP contribution in [0.25, 0.3) is 10.9 Å². The number of piperazine rings is 2. The zero-order chi connectivity index (χ0) is 29.1. The van der Waals surface area contributed by atoms with Crippen LogP contribution in [0.1, 0.15) is 11.3 Å². The first kappa shape index (κ1) is 28.6. The Hall–Kier alpha value is -3.46. The third-order valence-electron chi connectivity index (χ3n) is 8.78. The zero-order valence-electron chi connectivity index (χ0n) is 24.9. The van der Waals surface area contributed by atoms with Gasteiger partial charge in [0, 0.05) is 93.3 Å². The van der Waals surface area contributed by atoms with Gasteiger partial charge in [-0.2, -0.15) is 5.10 Å². The SMILES string of the molecule is COc1cc2c(CN3CCN(c4ccccc4)CC3)nn(CCN3CCN(c4cccc(Cl)c4C)CC3)c2cc1OC. The number of anilines is 2. The molecule has 4 aromatic rings. The lowest BCUT2D eigenvalue weighted by Gasteiger charge is -2.37. The number of hydrogen-bond donors (Lipinski definition) is 0. The highest BCUT2D eigenvalue weighted by molar-refractivity contribution is 6.31. The number of fused-ring (bicyclic) bond motifs is 1. The largest absolute Gasteiger partial charge is 0.493 e. The Kier molecular flexibility index (Phi) is 8.74. The molecule has 9 heteroatoms. The molecule has 0 unspecified atom stereocenters. The summed E-state index contributed by atoms with van der Waals surface area (Å²) in [6, 6.07) is 21.1. The van der Waals surface area contributed by atoms with Gasteiger partial charge in [0.1, 0.15) is 0 Å². The fourth-order valence-corrected chi connectivity index (χ4v) is 6.43. The van der Waals surface area contributed by atoms with E-state index >= 15 is 0 Å². The molecule has 2 aliphatic rings. The molecule has 0 atom stereocenters. The van der Waals surface area contributed by atoms with Crippen LogP contribution in [0.2, 0.25) is 5.02 Å². The quantitative estimate of drug-likeness (QED) is 0.268. The van der Waals surface area contributed by atoms with E-state index in [1.165, 1.54) is 11.4 Å². The van der Waals surface area contributed by atoms with Crippen LogP contribution < -0.4 is 19.3 Å². The predicted molar refractivity (Wildman–Crippen MR) is 172 cm³/mol. The first-order chi connectivity index (χ1) is 20.5. The van der Waals surface area contributed by atoms with Crippen molar-refractivity contribution in [2.45, 2.75) is 20.0 Å². The second kappa shape index (κ2) is 12.8. The van der Waals surface area contributed by atoms with Gasteiger partial charge in [-0.1, -0.05) is 35.9 Å². The molecule has 3 aromatic carbocycles. The summed E-state index contributed by atoms with van der Waals surface area (Å²) in [5.74, 6) is 1.48. The van der Waals surface area contributed by atoms with E-state index in [2.05, 4.69) is 79.7 Å². The molecule has 6 rings (SSSR count). The molecule has 42 heavy (non-hydrogen) atoms. The van der Waals surface area contributed by atoms with Crippen molar-refractivity contribution in [3.63, 3.8) is 0 Å². The Morgan fingerprint density at radius 2 is 1.40 bits per heavy atom. The standard InChI is InChI=1S/C33H41ClN6O2/c1-25-28(34)10-7-11-30(25)39-19-12-36(13-20-39)16-21-40-31-23-33(42-3)32(41-2)22-27(31)29(35-40)24-37-14-17-38(18-15-37)26-8-5-4-6-9-26/h4-11,22-23H,12-21,24H2,1-3H3. The van der Waals surface area contributed by atoms with Crippen molar-refractivity contribution in [1.82, 2.24) is 19.6 Å². The molecule has 0 aliphatic carbocycles. The fourth-order valence-electron chi connectivity index (χ4n) is 6.26. The number of methoxy groups -OCH3 is 2.